The number of nitrogens with one attached hydrogen (secondary N) is 1. The van der Waals surface area contributed by atoms with Crippen LogP contribution < -0.4 is 4.72 Å². The Kier molecular flexibility index (Phi) is 3.87. The second-order valence-electron chi connectivity index (χ2n) is 5.09. The number of sulfonamides is 1. The molecule has 2 aromatic rings. The van der Waals surface area contributed by atoms with Crippen molar-refractivity contribution in [3.63, 3.8) is 0 Å². The summed E-state index contributed by atoms with van der Waals surface area (Å²) in [7, 11) is -3.51. The van der Waals surface area contributed by atoms with Crippen molar-refractivity contribution in [2.24, 2.45) is 5.92 Å². The third-order valence-electron chi connectivity index (χ3n) is 2.78. The van der Waals surface area contributed by atoms with Gasteiger partial charge >= 0.3 is 0 Å². The van der Waals surface area contributed by atoms with Crippen LogP contribution in [0.4, 0.5) is 0 Å². The lowest BCUT2D eigenvalue weighted by molar-refractivity contribution is 0.561. The van der Waals surface area contributed by atoms with Crippen LogP contribution in [0.25, 0.3) is 10.9 Å². The van der Waals surface area contributed by atoms with Crippen molar-refractivity contribution in [3.05, 3.63) is 36.0 Å². The summed E-state index contributed by atoms with van der Waals surface area (Å²) in [6.45, 7) is 6.29. The van der Waals surface area contributed by atoms with E-state index in [1.54, 1.807) is 18.3 Å². The lowest BCUT2D eigenvalue weighted by Crippen LogP contribution is -2.27. The second-order valence-corrected chi connectivity index (χ2v) is 6.82. The maximum absolute atomic E-state index is 12.3. The fourth-order valence-corrected chi connectivity index (χ4v) is 3.20. The van der Waals surface area contributed by atoms with Crippen LogP contribution in [-0.4, -0.2) is 19.9 Å². The molecule has 4 nitrogen and oxygen atoms in total. The first-order valence-corrected chi connectivity index (χ1v) is 7.73. The normalized spacial score (nSPS) is 12.2. The highest BCUT2D eigenvalue weighted by molar-refractivity contribution is 7.89. The van der Waals surface area contributed by atoms with E-state index in [-0.39, 0.29) is 10.8 Å². The van der Waals surface area contributed by atoms with Gasteiger partial charge in [0.05, 0.1) is 5.52 Å². The molecule has 5 heteroatoms. The summed E-state index contributed by atoms with van der Waals surface area (Å²) in [6.07, 6.45) is 1.68. The first kappa shape index (κ1) is 14.0. The highest BCUT2D eigenvalue weighted by Crippen LogP contribution is 2.21. The molecular formula is C14H18N2O2S. The lowest BCUT2D eigenvalue weighted by Gasteiger charge is -2.10. The van der Waals surface area contributed by atoms with E-state index in [2.05, 4.69) is 9.71 Å². The Labute approximate surface area is 113 Å². The highest BCUT2D eigenvalue weighted by atomic mass is 32.2. The summed E-state index contributed by atoms with van der Waals surface area (Å²) in [6, 6.07) is 7.14. The van der Waals surface area contributed by atoms with E-state index >= 15 is 0 Å². The molecule has 0 atom stereocenters. The van der Waals surface area contributed by atoms with Gasteiger partial charge in [-0.3, -0.25) is 4.98 Å². The third kappa shape index (κ3) is 3.11. The topological polar surface area (TPSA) is 59.1 Å². The third-order valence-corrected chi connectivity index (χ3v) is 4.24. The van der Waals surface area contributed by atoms with Crippen LogP contribution in [-0.2, 0) is 10.0 Å². The van der Waals surface area contributed by atoms with Crippen molar-refractivity contribution in [1.29, 1.82) is 0 Å². The molecule has 0 amide bonds. The zero-order valence-corrected chi connectivity index (χ0v) is 12.2. The molecule has 1 aromatic carbocycles. The van der Waals surface area contributed by atoms with Crippen molar-refractivity contribution in [2.45, 2.75) is 25.7 Å². The van der Waals surface area contributed by atoms with Gasteiger partial charge in [-0.2, -0.15) is 0 Å². The molecular weight excluding hydrogens is 260 g/mol. The number of nitrogens with zero attached hydrogens (tertiary/aromatic N) is 1. The molecule has 0 aliphatic rings. The van der Waals surface area contributed by atoms with Crippen LogP contribution >= 0.6 is 0 Å². The largest absolute Gasteiger partial charge is 0.255 e. The van der Waals surface area contributed by atoms with Gasteiger partial charge in [-0.25, -0.2) is 13.1 Å². The van der Waals surface area contributed by atoms with Gasteiger partial charge < -0.3 is 0 Å². The Morgan fingerprint density at radius 3 is 2.74 bits per heavy atom. The number of benzene rings is 1. The molecule has 0 unspecified atom stereocenters. The van der Waals surface area contributed by atoms with E-state index in [9.17, 15) is 8.42 Å². The van der Waals surface area contributed by atoms with E-state index in [0.717, 1.165) is 10.9 Å². The fourth-order valence-electron chi connectivity index (χ4n) is 1.81. The molecule has 1 aromatic heterocycles. The number of para-hydroxylation sites is 1. The van der Waals surface area contributed by atoms with Crippen LogP contribution in [0.2, 0.25) is 0 Å². The molecule has 0 spiro atoms. The molecule has 0 radical (unpaired) electrons. The number of aromatic nitrogens is 1. The summed E-state index contributed by atoms with van der Waals surface area (Å²) in [5.41, 5.74) is 1.53. The zero-order valence-electron chi connectivity index (χ0n) is 11.3. The molecule has 102 valence electrons. The summed E-state index contributed by atoms with van der Waals surface area (Å²) in [4.78, 5) is 4.50. The molecule has 1 N–H and O–H groups in total. The van der Waals surface area contributed by atoms with Gasteiger partial charge in [0.1, 0.15) is 4.90 Å². The molecule has 0 fully saturated rings. The Balaban J connectivity index is 2.50. The second kappa shape index (κ2) is 5.27. The molecule has 0 aliphatic carbocycles. The Morgan fingerprint density at radius 1 is 1.32 bits per heavy atom. The van der Waals surface area contributed by atoms with E-state index in [0.29, 0.717) is 12.1 Å². The Hall–Kier alpha value is -1.46. The fraction of sp³-hybridized carbons (Fsp3) is 0.357. The van der Waals surface area contributed by atoms with E-state index in [1.807, 2.05) is 32.9 Å². The average molecular weight is 278 g/mol. The van der Waals surface area contributed by atoms with Crippen LogP contribution in [0.15, 0.2) is 35.4 Å². The van der Waals surface area contributed by atoms with Crippen LogP contribution in [0.3, 0.4) is 0 Å². The summed E-state index contributed by atoms with van der Waals surface area (Å²) < 4.78 is 27.2. The maximum Gasteiger partial charge on any atom is 0.242 e. The van der Waals surface area contributed by atoms with Gasteiger partial charge in [-0.1, -0.05) is 26.0 Å². The molecule has 1 heterocycles. The smallest absolute Gasteiger partial charge is 0.242 e. The molecule has 0 aliphatic heterocycles. The van der Waals surface area contributed by atoms with Crippen molar-refractivity contribution < 1.29 is 8.42 Å². The monoisotopic (exact) mass is 278 g/mol. The van der Waals surface area contributed by atoms with E-state index < -0.39 is 10.0 Å². The minimum Gasteiger partial charge on any atom is -0.255 e. The zero-order chi connectivity index (χ0) is 14.0. The average Bonchev–Trinajstić information content (AvgIpc) is 2.35. The van der Waals surface area contributed by atoms with Crippen molar-refractivity contribution in [2.75, 3.05) is 6.54 Å². The molecule has 0 saturated heterocycles. The van der Waals surface area contributed by atoms with Crippen LogP contribution in [0.5, 0.6) is 0 Å². The van der Waals surface area contributed by atoms with E-state index in [1.165, 1.54) is 0 Å². The molecule has 0 saturated carbocycles. The summed E-state index contributed by atoms with van der Waals surface area (Å²) in [5.74, 6) is 0.264. The summed E-state index contributed by atoms with van der Waals surface area (Å²) >= 11 is 0. The van der Waals surface area contributed by atoms with Crippen LogP contribution in [0, 0.1) is 12.8 Å². The Bertz CT molecular complexity index is 694. The number of hydrogen-bond donors (Lipinski definition) is 1. The number of fused-ring (bicyclic) bond motifs is 1. The van der Waals surface area contributed by atoms with Gasteiger partial charge in [0.15, 0.2) is 0 Å². The van der Waals surface area contributed by atoms with Crippen molar-refractivity contribution in [3.8, 4) is 0 Å². The maximum atomic E-state index is 12.3. The Morgan fingerprint density at radius 2 is 2.05 bits per heavy atom. The standard InChI is InChI=1S/C14H18N2O2S/c1-10(2)8-16-19(17,18)13-6-4-5-12-7-11(3)9-15-14(12)13/h4-7,9-10,16H,8H2,1-3H3. The SMILES string of the molecule is Cc1cnc2c(S(=O)(=O)NCC(C)C)cccc2c1. The first-order valence-electron chi connectivity index (χ1n) is 6.25. The summed E-state index contributed by atoms with van der Waals surface area (Å²) in [5, 5.41) is 0.840. The van der Waals surface area contributed by atoms with Gasteiger partial charge in [-0.15, -0.1) is 0 Å². The predicted octanol–water partition coefficient (Wildman–Crippen LogP) is 2.48. The number of rotatable bonds is 4. The lowest BCUT2D eigenvalue weighted by atomic mass is 10.2. The van der Waals surface area contributed by atoms with Crippen molar-refractivity contribution >= 4 is 20.9 Å². The van der Waals surface area contributed by atoms with Crippen molar-refractivity contribution in [1.82, 2.24) is 9.71 Å². The predicted molar refractivity (Wildman–Crippen MR) is 76.5 cm³/mol. The van der Waals surface area contributed by atoms with Gasteiger partial charge in [0.2, 0.25) is 10.0 Å². The molecule has 0 bridgehead atoms. The minimum atomic E-state index is -3.51. The molecule has 2 rings (SSSR count). The number of pyridine rings is 1. The highest BCUT2D eigenvalue weighted by Gasteiger charge is 2.18. The van der Waals surface area contributed by atoms with Gasteiger partial charge in [0.25, 0.3) is 0 Å². The quantitative estimate of drug-likeness (QED) is 0.934. The van der Waals surface area contributed by atoms with Crippen LogP contribution in [0.1, 0.15) is 19.4 Å². The van der Waals surface area contributed by atoms with Gasteiger partial charge in [-0.05, 0) is 30.5 Å². The minimum absolute atomic E-state index is 0.241. The first-order chi connectivity index (χ1) is 8.90. The van der Waals surface area contributed by atoms with Gasteiger partial charge in [0, 0.05) is 18.1 Å². The molecule has 19 heavy (non-hydrogen) atoms. The van der Waals surface area contributed by atoms with E-state index in [4.69, 9.17) is 0 Å². The number of aryl methyl sites for hydroxylation is 1. The number of hydrogen-bond acceptors (Lipinski definition) is 3.